The van der Waals surface area contributed by atoms with Gasteiger partial charge in [0.25, 0.3) is 0 Å². The van der Waals surface area contributed by atoms with E-state index in [2.05, 4.69) is 50.9 Å². The van der Waals surface area contributed by atoms with Crippen molar-refractivity contribution in [1.82, 2.24) is 15.3 Å². The lowest BCUT2D eigenvalue weighted by atomic mass is 10.1. The summed E-state index contributed by atoms with van der Waals surface area (Å²) in [5.41, 5.74) is 3.42. The number of nitrogens with one attached hydrogen (secondary N) is 2. The number of nitriles is 1. The van der Waals surface area contributed by atoms with Crippen LogP contribution in [0.5, 0.6) is 0 Å². The van der Waals surface area contributed by atoms with Crippen LogP contribution in [0, 0.1) is 11.3 Å². The molecule has 0 amide bonds. The van der Waals surface area contributed by atoms with E-state index in [4.69, 9.17) is 21.9 Å². The molecule has 1 aliphatic rings. The smallest absolute Gasteiger partial charge is 0.171 e. The number of anilines is 2. The summed E-state index contributed by atoms with van der Waals surface area (Å²) in [7, 11) is 0. The number of aromatic nitrogens is 2. The lowest BCUT2D eigenvalue weighted by Gasteiger charge is -2.24. The molecule has 0 atom stereocenters. The van der Waals surface area contributed by atoms with Crippen LogP contribution < -0.4 is 15.5 Å². The second-order valence-electron chi connectivity index (χ2n) is 7.14. The molecular formula is C22H22N6OS. The zero-order chi connectivity index (χ0) is 20.8. The van der Waals surface area contributed by atoms with Crippen LogP contribution in [-0.4, -0.2) is 27.7 Å². The van der Waals surface area contributed by atoms with E-state index in [-0.39, 0.29) is 6.04 Å². The van der Waals surface area contributed by atoms with Gasteiger partial charge < -0.3 is 20.0 Å². The molecule has 30 heavy (non-hydrogen) atoms. The minimum Gasteiger partial charge on any atom is -0.467 e. The maximum absolute atomic E-state index is 9.06. The first-order valence-electron chi connectivity index (χ1n) is 9.81. The van der Waals surface area contributed by atoms with Gasteiger partial charge in [-0.15, -0.1) is 0 Å². The Morgan fingerprint density at radius 3 is 2.73 bits per heavy atom. The van der Waals surface area contributed by atoms with Gasteiger partial charge in [0.1, 0.15) is 17.8 Å². The Morgan fingerprint density at radius 1 is 1.23 bits per heavy atom. The Morgan fingerprint density at radius 2 is 2.03 bits per heavy atom. The van der Waals surface area contributed by atoms with Crippen LogP contribution in [0.4, 0.5) is 11.5 Å². The fraction of sp³-hybridized carbons (Fsp3) is 0.273. The Labute approximate surface area is 180 Å². The van der Waals surface area contributed by atoms with Crippen molar-refractivity contribution in [2.75, 3.05) is 16.8 Å². The van der Waals surface area contributed by atoms with Crippen LogP contribution in [-0.2, 0) is 19.4 Å². The van der Waals surface area contributed by atoms with Crippen molar-refractivity contribution in [1.29, 1.82) is 5.26 Å². The highest BCUT2D eigenvalue weighted by molar-refractivity contribution is 7.80. The van der Waals surface area contributed by atoms with Crippen LogP contribution in [0.1, 0.15) is 23.3 Å². The van der Waals surface area contributed by atoms with Crippen LogP contribution >= 0.6 is 12.2 Å². The SMILES string of the molecule is N#CCCN(Cc1ccco1)c1ncncc1NC(=S)NC1Cc2ccccc2C1. The van der Waals surface area contributed by atoms with Gasteiger partial charge in [-0.25, -0.2) is 9.97 Å². The maximum atomic E-state index is 9.06. The molecule has 8 heteroatoms. The van der Waals surface area contributed by atoms with Crippen LogP contribution in [0.3, 0.4) is 0 Å². The van der Waals surface area contributed by atoms with Crippen LogP contribution in [0.25, 0.3) is 0 Å². The zero-order valence-electron chi connectivity index (χ0n) is 16.4. The van der Waals surface area contributed by atoms with E-state index in [0.717, 1.165) is 18.6 Å². The molecule has 3 aromatic rings. The highest BCUT2D eigenvalue weighted by Gasteiger charge is 2.22. The number of rotatable bonds is 7. The van der Waals surface area contributed by atoms with E-state index >= 15 is 0 Å². The summed E-state index contributed by atoms with van der Waals surface area (Å²) in [6.07, 6.45) is 7.09. The van der Waals surface area contributed by atoms with Gasteiger partial charge >= 0.3 is 0 Å². The van der Waals surface area contributed by atoms with Gasteiger partial charge in [-0.3, -0.25) is 0 Å². The molecule has 0 spiro atoms. The highest BCUT2D eigenvalue weighted by Crippen LogP contribution is 2.25. The molecule has 0 unspecified atom stereocenters. The third-order valence-corrected chi connectivity index (χ3v) is 5.27. The third-order valence-electron chi connectivity index (χ3n) is 5.05. The first-order chi connectivity index (χ1) is 14.7. The summed E-state index contributed by atoms with van der Waals surface area (Å²) in [4.78, 5) is 10.6. The predicted molar refractivity (Wildman–Crippen MR) is 119 cm³/mol. The Balaban J connectivity index is 1.45. The van der Waals surface area contributed by atoms with E-state index in [1.54, 1.807) is 12.5 Å². The number of furan rings is 1. The number of nitrogens with zero attached hydrogens (tertiary/aromatic N) is 4. The lowest BCUT2D eigenvalue weighted by molar-refractivity contribution is 0.501. The van der Waals surface area contributed by atoms with Crippen molar-refractivity contribution >= 4 is 28.8 Å². The van der Waals surface area contributed by atoms with E-state index in [1.807, 2.05) is 17.0 Å². The van der Waals surface area contributed by atoms with E-state index in [9.17, 15) is 0 Å². The molecular weight excluding hydrogens is 396 g/mol. The van der Waals surface area contributed by atoms with Gasteiger partial charge in [-0.2, -0.15) is 5.26 Å². The first kappa shape index (κ1) is 19.9. The van der Waals surface area contributed by atoms with E-state index in [1.165, 1.54) is 17.5 Å². The van der Waals surface area contributed by atoms with Gasteiger partial charge in [-0.05, 0) is 48.3 Å². The molecule has 0 fully saturated rings. The molecule has 0 bridgehead atoms. The number of hydrogen-bond donors (Lipinski definition) is 2. The maximum Gasteiger partial charge on any atom is 0.171 e. The molecule has 2 N–H and O–H groups in total. The molecule has 2 aromatic heterocycles. The molecule has 7 nitrogen and oxygen atoms in total. The average Bonchev–Trinajstić information content (AvgIpc) is 3.40. The fourth-order valence-corrected chi connectivity index (χ4v) is 3.98. The van der Waals surface area contributed by atoms with Gasteiger partial charge in [0, 0.05) is 12.6 Å². The number of fused-ring (bicyclic) bond motifs is 1. The van der Waals surface area contributed by atoms with Crippen LogP contribution in [0.15, 0.2) is 59.6 Å². The summed E-state index contributed by atoms with van der Waals surface area (Å²) in [5, 5.41) is 16.2. The quantitative estimate of drug-likeness (QED) is 0.564. The second-order valence-corrected chi connectivity index (χ2v) is 7.55. The molecule has 1 aromatic carbocycles. The summed E-state index contributed by atoms with van der Waals surface area (Å²) in [6, 6.07) is 14.7. The number of thiocarbonyl (C=S) groups is 1. The Kier molecular flexibility index (Phi) is 6.20. The van der Waals surface area contributed by atoms with Gasteiger partial charge in [-0.1, -0.05) is 24.3 Å². The highest BCUT2D eigenvalue weighted by atomic mass is 32.1. The van der Waals surface area contributed by atoms with Gasteiger partial charge in [0.2, 0.25) is 0 Å². The third kappa shape index (κ3) is 4.75. The Hall–Kier alpha value is -3.44. The van der Waals surface area contributed by atoms with Crippen molar-refractivity contribution < 1.29 is 4.42 Å². The fourth-order valence-electron chi connectivity index (χ4n) is 3.70. The van der Waals surface area contributed by atoms with Gasteiger partial charge in [0.05, 0.1) is 31.5 Å². The molecule has 152 valence electrons. The summed E-state index contributed by atoms with van der Waals surface area (Å²) in [5.74, 6) is 1.47. The molecule has 0 aliphatic heterocycles. The molecule has 1 aliphatic carbocycles. The number of hydrogen-bond acceptors (Lipinski definition) is 6. The molecule has 0 radical (unpaired) electrons. The van der Waals surface area contributed by atoms with Gasteiger partial charge in [0.15, 0.2) is 10.9 Å². The minimum absolute atomic E-state index is 0.258. The molecule has 0 saturated carbocycles. The normalized spacial score (nSPS) is 12.8. The van der Waals surface area contributed by atoms with Crippen LogP contribution in [0.2, 0.25) is 0 Å². The van der Waals surface area contributed by atoms with E-state index in [0.29, 0.717) is 36.1 Å². The van der Waals surface area contributed by atoms with E-state index < -0.39 is 0 Å². The largest absolute Gasteiger partial charge is 0.467 e. The molecule has 0 saturated heterocycles. The Bertz CT molecular complexity index is 1020. The van der Waals surface area contributed by atoms with Crippen molar-refractivity contribution in [3.05, 3.63) is 72.1 Å². The molecule has 2 heterocycles. The average molecular weight is 419 g/mol. The minimum atomic E-state index is 0.258. The van der Waals surface area contributed by atoms with Crippen molar-refractivity contribution in [3.63, 3.8) is 0 Å². The van der Waals surface area contributed by atoms with Crippen molar-refractivity contribution in [2.24, 2.45) is 0 Å². The zero-order valence-corrected chi connectivity index (χ0v) is 17.2. The predicted octanol–water partition coefficient (Wildman–Crippen LogP) is 3.44. The summed E-state index contributed by atoms with van der Waals surface area (Å²) >= 11 is 5.57. The topological polar surface area (TPSA) is 90.0 Å². The monoisotopic (exact) mass is 418 g/mol. The standard InChI is InChI=1S/C22H22N6OS/c23-8-4-9-28(14-19-7-3-10-29-19)21-20(13-24-15-25-21)27-22(30)26-18-11-16-5-1-2-6-17(16)12-18/h1-3,5-7,10,13,15,18H,4,9,11-12,14H2,(H2,26,27,30). The summed E-state index contributed by atoms with van der Waals surface area (Å²) < 4.78 is 5.48. The molecule has 4 rings (SSSR count). The van der Waals surface area contributed by atoms with Crippen molar-refractivity contribution in [3.8, 4) is 6.07 Å². The number of benzene rings is 1. The summed E-state index contributed by atoms with van der Waals surface area (Å²) in [6.45, 7) is 1.01. The first-order valence-corrected chi connectivity index (χ1v) is 10.2. The lowest BCUT2D eigenvalue weighted by Crippen LogP contribution is -2.38. The van der Waals surface area contributed by atoms with Crippen molar-refractivity contribution in [2.45, 2.75) is 31.8 Å². The second kappa shape index (κ2) is 9.37.